The molecule has 33 heavy (non-hydrogen) atoms. The number of carbonyl (C=O) groups excluding carboxylic acids is 1. The summed E-state index contributed by atoms with van der Waals surface area (Å²) in [7, 11) is 1.63. The van der Waals surface area contributed by atoms with Crippen molar-refractivity contribution in [3.63, 3.8) is 0 Å². The standard InChI is InChI=1S/C23H23N7O2S/c1-32-21-5-3-2-4-20(21)30-14-16(12-26-30)23-28-18(15-33-23)22(31)27-17-13-25-7-6-19(17)29-10-8-24-9-11-29/h2-7,12-15,24H,8-11H2,1H3,(H,27,31). The second-order valence-electron chi connectivity index (χ2n) is 7.47. The van der Waals surface area contributed by atoms with Gasteiger partial charge in [0.25, 0.3) is 5.91 Å². The lowest BCUT2D eigenvalue weighted by atomic mass is 10.2. The van der Waals surface area contributed by atoms with Gasteiger partial charge in [0.1, 0.15) is 22.1 Å². The number of thiazole rings is 1. The van der Waals surface area contributed by atoms with Gasteiger partial charge in [-0.15, -0.1) is 11.3 Å². The summed E-state index contributed by atoms with van der Waals surface area (Å²) in [6, 6.07) is 9.59. The number of methoxy groups -OCH3 is 1. The highest BCUT2D eigenvalue weighted by Gasteiger charge is 2.18. The van der Waals surface area contributed by atoms with Gasteiger partial charge in [-0.25, -0.2) is 9.67 Å². The van der Waals surface area contributed by atoms with Crippen LogP contribution in [0.2, 0.25) is 0 Å². The molecule has 1 amide bonds. The van der Waals surface area contributed by atoms with Gasteiger partial charge in [0.15, 0.2) is 0 Å². The fourth-order valence-corrected chi connectivity index (χ4v) is 4.52. The monoisotopic (exact) mass is 461 g/mol. The molecule has 1 saturated heterocycles. The van der Waals surface area contributed by atoms with Gasteiger partial charge in [-0.2, -0.15) is 5.10 Å². The number of benzene rings is 1. The van der Waals surface area contributed by atoms with Gasteiger partial charge < -0.3 is 20.3 Å². The zero-order valence-electron chi connectivity index (χ0n) is 18.1. The van der Waals surface area contributed by atoms with E-state index in [0.717, 1.165) is 53.9 Å². The van der Waals surface area contributed by atoms with Crippen LogP contribution in [0.1, 0.15) is 10.5 Å². The number of pyridine rings is 1. The normalized spacial score (nSPS) is 13.7. The van der Waals surface area contributed by atoms with Crippen LogP contribution in [-0.2, 0) is 0 Å². The smallest absolute Gasteiger partial charge is 0.275 e. The second-order valence-corrected chi connectivity index (χ2v) is 8.33. The summed E-state index contributed by atoms with van der Waals surface area (Å²) in [5, 5.41) is 13.2. The molecule has 4 aromatic rings. The van der Waals surface area contributed by atoms with Crippen LogP contribution < -0.4 is 20.3 Å². The summed E-state index contributed by atoms with van der Waals surface area (Å²) in [6.07, 6.45) is 7.03. The molecule has 9 nitrogen and oxygen atoms in total. The van der Waals surface area contributed by atoms with Gasteiger partial charge >= 0.3 is 0 Å². The maximum absolute atomic E-state index is 12.9. The van der Waals surface area contributed by atoms with E-state index < -0.39 is 0 Å². The van der Waals surface area contributed by atoms with Gasteiger partial charge in [0.2, 0.25) is 0 Å². The number of para-hydroxylation sites is 2. The van der Waals surface area contributed by atoms with E-state index in [-0.39, 0.29) is 5.91 Å². The Kier molecular flexibility index (Phi) is 6.01. The molecule has 1 fully saturated rings. The van der Waals surface area contributed by atoms with E-state index in [1.807, 2.05) is 36.5 Å². The summed E-state index contributed by atoms with van der Waals surface area (Å²) in [5.74, 6) is 0.460. The van der Waals surface area contributed by atoms with Crippen molar-refractivity contribution in [2.45, 2.75) is 0 Å². The molecule has 10 heteroatoms. The summed E-state index contributed by atoms with van der Waals surface area (Å²) >= 11 is 1.40. The maximum Gasteiger partial charge on any atom is 0.275 e. The molecule has 0 unspecified atom stereocenters. The molecular weight excluding hydrogens is 438 g/mol. The van der Waals surface area contributed by atoms with Crippen molar-refractivity contribution in [1.82, 2.24) is 25.1 Å². The number of ether oxygens (including phenoxy) is 1. The Balaban J connectivity index is 1.34. The average molecular weight is 462 g/mol. The quantitative estimate of drug-likeness (QED) is 0.455. The lowest BCUT2D eigenvalue weighted by molar-refractivity contribution is 0.102. The summed E-state index contributed by atoms with van der Waals surface area (Å²) in [4.78, 5) is 23.9. The second kappa shape index (κ2) is 9.39. The van der Waals surface area contributed by atoms with Crippen LogP contribution >= 0.6 is 11.3 Å². The van der Waals surface area contributed by atoms with Gasteiger partial charge in [-0.3, -0.25) is 9.78 Å². The van der Waals surface area contributed by atoms with Crippen LogP contribution in [0.4, 0.5) is 11.4 Å². The topological polar surface area (TPSA) is 97.2 Å². The lowest BCUT2D eigenvalue weighted by Crippen LogP contribution is -2.43. The van der Waals surface area contributed by atoms with Gasteiger partial charge in [-0.1, -0.05) is 12.1 Å². The first-order valence-electron chi connectivity index (χ1n) is 10.6. The highest BCUT2D eigenvalue weighted by atomic mass is 32.1. The molecule has 3 aromatic heterocycles. The first-order valence-corrected chi connectivity index (χ1v) is 11.5. The van der Waals surface area contributed by atoms with Gasteiger partial charge in [0, 0.05) is 49.5 Å². The van der Waals surface area contributed by atoms with E-state index in [1.54, 1.807) is 35.8 Å². The van der Waals surface area contributed by atoms with Gasteiger partial charge in [-0.05, 0) is 18.2 Å². The molecule has 0 atom stereocenters. The number of piperazine rings is 1. The molecule has 0 bridgehead atoms. The number of amides is 1. The fraction of sp³-hybridized carbons (Fsp3) is 0.217. The Bertz CT molecular complexity index is 1260. The largest absolute Gasteiger partial charge is 0.494 e. The molecule has 5 rings (SSSR count). The molecule has 2 N–H and O–H groups in total. The number of rotatable bonds is 6. The van der Waals surface area contributed by atoms with Crippen LogP contribution in [0.5, 0.6) is 5.75 Å². The van der Waals surface area contributed by atoms with Crippen molar-refractivity contribution in [2.24, 2.45) is 0 Å². The molecule has 0 aliphatic carbocycles. The molecule has 1 aliphatic rings. The highest BCUT2D eigenvalue weighted by Crippen LogP contribution is 2.29. The number of hydrogen-bond acceptors (Lipinski definition) is 8. The minimum atomic E-state index is -0.265. The van der Waals surface area contributed by atoms with E-state index in [9.17, 15) is 4.79 Å². The molecule has 0 spiro atoms. The third-order valence-electron chi connectivity index (χ3n) is 5.40. The summed E-state index contributed by atoms with van der Waals surface area (Å²) in [6.45, 7) is 3.58. The number of anilines is 2. The molecule has 0 saturated carbocycles. The van der Waals surface area contributed by atoms with E-state index >= 15 is 0 Å². The molecule has 0 radical (unpaired) electrons. The SMILES string of the molecule is COc1ccccc1-n1cc(-c2nc(C(=O)Nc3cnccc3N3CCNCC3)cs2)cn1. The van der Waals surface area contributed by atoms with Gasteiger partial charge in [0.05, 0.1) is 30.9 Å². The first kappa shape index (κ1) is 21.1. The van der Waals surface area contributed by atoms with Crippen molar-refractivity contribution in [1.29, 1.82) is 0 Å². The van der Waals surface area contributed by atoms with Crippen LogP contribution in [0.3, 0.4) is 0 Å². The van der Waals surface area contributed by atoms with Crippen molar-refractivity contribution in [3.8, 4) is 22.0 Å². The van der Waals surface area contributed by atoms with Crippen LogP contribution in [0.15, 0.2) is 60.5 Å². The summed E-state index contributed by atoms with van der Waals surface area (Å²) < 4.78 is 7.16. The Hall–Kier alpha value is -3.76. The molecule has 1 aliphatic heterocycles. The Labute approximate surface area is 195 Å². The first-order chi connectivity index (χ1) is 16.2. The highest BCUT2D eigenvalue weighted by molar-refractivity contribution is 7.13. The third-order valence-corrected chi connectivity index (χ3v) is 6.29. The zero-order valence-corrected chi connectivity index (χ0v) is 18.9. The van der Waals surface area contributed by atoms with Crippen molar-refractivity contribution < 1.29 is 9.53 Å². The Morgan fingerprint density at radius 1 is 1.15 bits per heavy atom. The van der Waals surface area contributed by atoms with Crippen LogP contribution in [0, 0.1) is 0 Å². The number of nitrogens with one attached hydrogen (secondary N) is 2. The Morgan fingerprint density at radius 3 is 2.85 bits per heavy atom. The van der Waals surface area contributed by atoms with Crippen molar-refractivity contribution in [3.05, 3.63) is 66.2 Å². The van der Waals surface area contributed by atoms with E-state index in [1.165, 1.54) is 11.3 Å². The number of aromatic nitrogens is 4. The summed E-state index contributed by atoms with van der Waals surface area (Å²) in [5.41, 5.74) is 3.66. The minimum Gasteiger partial charge on any atom is -0.494 e. The molecular formula is C23H23N7O2S. The molecule has 168 valence electrons. The fourth-order valence-electron chi connectivity index (χ4n) is 3.75. The van der Waals surface area contributed by atoms with Crippen molar-refractivity contribution >= 4 is 28.6 Å². The van der Waals surface area contributed by atoms with Crippen LogP contribution in [0.25, 0.3) is 16.3 Å². The van der Waals surface area contributed by atoms with Crippen molar-refractivity contribution in [2.75, 3.05) is 43.5 Å². The average Bonchev–Trinajstić information content (AvgIpc) is 3.55. The zero-order chi connectivity index (χ0) is 22.6. The predicted octanol–water partition coefficient (Wildman–Crippen LogP) is 3.06. The molecule has 4 heterocycles. The lowest BCUT2D eigenvalue weighted by Gasteiger charge is -2.30. The van der Waals surface area contributed by atoms with E-state index in [0.29, 0.717) is 11.4 Å². The number of nitrogens with zero attached hydrogens (tertiary/aromatic N) is 5. The van der Waals surface area contributed by atoms with Crippen LogP contribution in [-0.4, -0.2) is 58.9 Å². The van der Waals surface area contributed by atoms with E-state index in [4.69, 9.17) is 4.74 Å². The number of hydrogen-bond donors (Lipinski definition) is 2. The van der Waals surface area contributed by atoms with E-state index in [2.05, 4.69) is 30.6 Å². The Morgan fingerprint density at radius 2 is 2.00 bits per heavy atom. The minimum absolute atomic E-state index is 0.265. The number of carbonyl (C=O) groups is 1. The molecule has 1 aromatic carbocycles. The maximum atomic E-state index is 12.9. The predicted molar refractivity (Wildman–Crippen MR) is 128 cm³/mol. The third kappa shape index (κ3) is 4.43.